The number of rotatable bonds is 3. The molecule has 1 heterocycles. The van der Waals surface area contributed by atoms with E-state index in [1.54, 1.807) is 0 Å². The largest absolute Gasteiger partial charge is 0.374 e. The van der Waals surface area contributed by atoms with Gasteiger partial charge in [-0.25, -0.2) is 4.39 Å². The zero-order valence-corrected chi connectivity index (χ0v) is 11.5. The van der Waals surface area contributed by atoms with Crippen LogP contribution in [0.3, 0.4) is 0 Å². The quantitative estimate of drug-likeness (QED) is 0.931. The highest BCUT2D eigenvalue weighted by molar-refractivity contribution is 9.10. The molecular formula is C13H17BrFNO. The number of benzene rings is 1. The molecule has 0 amide bonds. The van der Waals surface area contributed by atoms with E-state index in [1.165, 1.54) is 12.1 Å². The van der Waals surface area contributed by atoms with E-state index >= 15 is 0 Å². The Balaban J connectivity index is 2.09. The summed E-state index contributed by atoms with van der Waals surface area (Å²) in [5.74, 6) is -0.237. The van der Waals surface area contributed by atoms with Gasteiger partial charge in [0.25, 0.3) is 0 Å². The summed E-state index contributed by atoms with van der Waals surface area (Å²) in [6, 6.07) is 4.78. The lowest BCUT2D eigenvalue weighted by Crippen LogP contribution is -2.46. The van der Waals surface area contributed by atoms with Crippen LogP contribution in [0.5, 0.6) is 0 Å². The molecule has 0 aliphatic carbocycles. The molecule has 0 bridgehead atoms. The van der Waals surface area contributed by atoms with Crippen LogP contribution in [-0.2, 0) is 11.2 Å². The molecule has 1 fully saturated rings. The zero-order chi connectivity index (χ0) is 12.5. The molecular weight excluding hydrogens is 285 g/mol. The van der Waals surface area contributed by atoms with E-state index < -0.39 is 0 Å². The second-order valence-corrected chi connectivity index (χ2v) is 5.77. The lowest BCUT2D eigenvalue weighted by atomic mass is 9.89. The summed E-state index contributed by atoms with van der Waals surface area (Å²) in [4.78, 5) is 0. The summed E-state index contributed by atoms with van der Waals surface area (Å²) in [6.07, 6.45) is 2.66. The summed E-state index contributed by atoms with van der Waals surface area (Å²) in [6.45, 7) is 2.82. The molecule has 4 heteroatoms. The monoisotopic (exact) mass is 301 g/mol. The minimum Gasteiger partial charge on any atom is -0.374 e. The van der Waals surface area contributed by atoms with E-state index in [9.17, 15) is 4.39 Å². The lowest BCUT2D eigenvalue weighted by molar-refractivity contribution is -0.000922. The van der Waals surface area contributed by atoms with Crippen molar-refractivity contribution in [2.24, 2.45) is 5.73 Å². The second kappa shape index (κ2) is 5.04. The van der Waals surface area contributed by atoms with E-state index in [-0.39, 0.29) is 17.5 Å². The van der Waals surface area contributed by atoms with E-state index in [4.69, 9.17) is 10.5 Å². The Morgan fingerprint density at radius 2 is 2.29 bits per heavy atom. The molecule has 0 spiro atoms. The molecule has 1 aliphatic rings. The van der Waals surface area contributed by atoms with Gasteiger partial charge in [0.05, 0.1) is 5.60 Å². The van der Waals surface area contributed by atoms with Crippen LogP contribution in [-0.4, -0.2) is 18.2 Å². The Labute approximate surface area is 109 Å². The smallest absolute Gasteiger partial charge is 0.124 e. The van der Waals surface area contributed by atoms with Crippen molar-refractivity contribution >= 4 is 15.9 Å². The minimum absolute atomic E-state index is 0.0984. The Hall–Kier alpha value is -0.450. The van der Waals surface area contributed by atoms with Gasteiger partial charge in [-0.15, -0.1) is 0 Å². The molecule has 17 heavy (non-hydrogen) atoms. The van der Waals surface area contributed by atoms with Crippen molar-refractivity contribution in [3.63, 3.8) is 0 Å². The van der Waals surface area contributed by atoms with Gasteiger partial charge >= 0.3 is 0 Å². The highest BCUT2D eigenvalue weighted by atomic mass is 79.9. The minimum atomic E-state index is -0.265. The topological polar surface area (TPSA) is 35.2 Å². The molecule has 0 radical (unpaired) electrons. The zero-order valence-electron chi connectivity index (χ0n) is 9.88. The first kappa shape index (κ1) is 13.0. The van der Waals surface area contributed by atoms with Gasteiger partial charge in [0.1, 0.15) is 5.82 Å². The van der Waals surface area contributed by atoms with Gasteiger partial charge in [-0.2, -0.15) is 0 Å². The third-order valence-electron chi connectivity index (χ3n) is 3.41. The second-order valence-electron chi connectivity index (χ2n) is 4.85. The van der Waals surface area contributed by atoms with Gasteiger partial charge < -0.3 is 10.5 Å². The predicted molar refractivity (Wildman–Crippen MR) is 69.4 cm³/mol. The first-order chi connectivity index (χ1) is 7.99. The van der Waals surface area contributed by atoms with Crippen molar-refractivity contribution in [3.8, 4) is 0 Å². The van der Waals surface area contributed by atoms with Crippen LogP contribution >= 0.6 is 15.9 Å². The number of hydrogen-bond donors (Lipinski definition) is 1. The summed E-state index contributed by atoms with van der Waals surface area (Å²) >= 11 is 3.29. The van der Waals surface area contributed by atoms with E-state index in [0.717, 1.165) is 29.5 Å². The van der Waals surface area contributed by atoms with E-state index in [2.05, 4.69) is 15.9 Å². The summed E-state index contributed by atoms with van der Waals surface area (Å²) in [5, 5.41) is 0. The standard InChI is InChI=1S/C13H17BrFNO/c1-13(3-2-4-17-13)12(16)7-9-5-10(14)8-11(15)6-9/h5-6,8,12H,2-4,7,16H2,1H3. The molecule has 0 saturated carbocycles. The van der Waals surface area contributed by atoms with Crippen LogP contribution in [0.4, 0.5) is 4.39 Å². The maximum atomic E-state index is 13.2. The fourth-order valence-electron chi connectivity index (χ4n) is 2.29. The predicted octanol–water partition coefficient (Wildman–Crippen LogP) is 3.03. The van der Waals surface area contributed by atoms with Crippen LogP contribution in [0.2, 0.25) is 0 Å². The van der Waals surface area contributed by atoms with Crippen molar-refractivity contribution in [1.82, 2.24) is 0 Å². The summed E-state index contributed by atoms with van der Waals surface area (Å²) < 4.78 is 19.7. The van der Waals surface area contributed by atoms with Crippen molar-refractivity contribution in [2.45, 2.75) is 37.8 Å². The number of hydrogen-bond acceptors (Lipinski definition) is 2. The molecule has 94 valence electrons. The molecule has 1 aliphatic heterocycles. The Morgan fingerprint density at radius 3 is 2.88 bits per heavy atom. The summed E-state index contributed by atoms with van der Waals surface area (Å²) in [7, 11) is 0. The SMILES string of the molecule is CC1(C(N)Cc2cc(F)cc(Br)c2)CCCO1. The molecule has 2 nitrogen and oxygen atoms in total. The van der Waals surface area contributed by atoms with Crippen LogP contribution in [0.15, 0.2) is 22.7 Å². The third-order valence-corrected chi connectivity index (χ3v) is 3.87. The molecule has 1 aromatic carbocycles. The average molecular weight is 302 g/mol. The maximum Gasteiger partial charge on any atom is 0.124 e. The number of ether oxygens (including phenoxy) is 1. The number of halogens is 2. The van der Waals surface area contributed by atoms with Gasteiger partial charge in [0.15, 0.2) is 0 Å². The van der Waals surface area contributed by atoms with Gasteiger partial charge in [0, 0.05) is 17.1 Å². The Bertz CT molecular complexity index is 384. The highest BCUT2D eigenvalue weighted by Gasteiger charge is 2.36. The maximum absolute atomic E-state index is 13.2. The molecule has 0 aromatic heterocycles. The van der Waals surface area contributed by atoms with Gasteiger partial charge in [-0.05, 0) is 49.9 Å². The first-order valence-electron chi connectivity index (χ1n) is 5.84. The average Bonchev–Trinajstić information content (AvgIpc) is 2.64. The molecule has 1 aromatic rings. The van der Waals surface area contributed by atoms with Gasteiger partial charge in [-0.3, -0.25) is 0 Å². The Kier molecular flexibility index (Phi) is 3.85. The van der Waals surface area contributed by atoms with Crippen LogP contribution < -0.4 is 5.73 Å². The van der Waals surface area contributed by atoms with Crippen molar-refractivity contribution in [2.75, 3.05) is 6.61 Å². The molecule has 2 atom stereocenters. The third kappa shape index (κ3) is 3.06. The first-order valence-corrected chi connectivity index (χ1v) is 6.63. The molecule has 2 rings (SSSR count). The fraction of sp³-hybridized carbons (Fsp3) is 0.538. The molecule has 1 saturated heterocycles. The van der Waals surface area contributed by atoms with Crippen molar-refractivity contribution in [3.05, 3.63) is 34.1 Å². The lowest BCUT2D eigenvalue weighted by Gasteiger charge is -2.30. The van der Waals surface area contributed by atoms with Gasteiger partial charge in [-0.1, -0.05) is 15.9 Å². The van der Waals surface area contributed by atoms with Crippen LogP contribution in [0, 0.1) is 5.82 Å². The van der Waals surface area contributed by atoms with Crippen molar-refractivity contribution < 1.29 is 9.13 Å². The van der Waals surface area contributed by atoms with Crippen LogP contribution in [0.25, 0.3) is 0 Å². The fourth-order valence-corrected chi connectivity index (χ4v) is 2.80. The number of nitrogens with two attached hydrogens (primary N) is 1. The van der Waals surface area contributed by atoms with Crippen LogP contribution in [0.1, 0.15) is 25.3 Å². The van der Waals surface area contributed by atoms with E-state index in [1.807, 2.05) is 13.0 Å². The Morgan fingerprint density at radius 1 is 1.53 bits per heavy atom. The molecule has 2 N–H and O–H groups in total. The van der Waals surface area contributed by atoms with Gasteiger partial charge in [0.2, 0.25) is 0 Å². The highest BCUT2D eigenvalue weighted by Crippen LogP contribution is 2.29. The van der Waals surface area contributed by atoms with Crippen molar-refractivity contribution in [1.29, 1.82) is 0 Å². The normalized spacial score (nSPS) is 26.1. The van der Waals surface area contributed by atoms with E-state index in [0.29, 0.717) is 6.42 Å². The molecule has 2 unspecified atom stereocenters. The summed E-state index contributed by atoms with van der Waals surface area (Å²) in [5.41, 5.74) is 6.82.